The molecule has 116 valence electrons. The van der Waals surface area contributed by atoms with Gasteiger partial charge in [0.05, 0.1) is 5.02 Å². The van der Waals surface area contributed by atoms with Crippen molar-refractivity contribution in [2.24, 2.45) is 5.92 Å². The summed E-state index contributed by atoms with van der Waals surface area (Å²) < 4.78 is 0. The van der Waals surface area contributed by atoms with Gasteiger partial charge in [-0.3, -0.25) is 9.78 Å². The quantitative estimate of drug-likeness (QED) is 0.929. The zero-order valence-electron chi connectivity index (χ0n) is 12.6. The lowest BCUT2D eigenvalue weighted by Crippen LogP contribution is -2.15. The van der Waals surface area contributed by atoms with E-state index in [2.05, 4.69) is 21.4 Å². The topological polar surface area (TPSA) is 54.9 Å². The number of halogens is 1. The number of amides is 1. The van der Waals surface area contributed by atoms with Gasteiger partial charge in [0.1, 0.15) is 5.82 Å². The molecule has 1 amide bonds. The van der Waals surface area contributed by atoms with Gasteiger partial charge >= 0.3 is 0 Å². The highest BCUT2D eigenvalue weighted by Crippen LogP contribution is 2.34. The minimum absolute atomic E-state index is 0.0908. The molecule has 2 aromatic rings. The summed E-state index contributed by atoms with van der Waals surface area (Å²) >= 11 is 6.24. The lowest BCUT2D eigenvalue weighted by molar-refractivity contribution is -0.117. The summed E-state index contributed by atoms with van der Waals surface area (Å²) in [6.45, 7) is 0. The smallest absolute Gasteiger partial charge is 0.228 e. The van der Waals surface area contributed by atoms with Crippen molar-refractivity contribution in [1.29, 1.82) is 0 Å². The molecule has 2 heterocycles. The Bertz CT molecular complexity index is 812. The van der Waals surface area contributed by atoms with Gasteiger partial charge in [-0.15, -0.1) is 0 Å². The van der Waals surface area contributed by atoms with Crippen LogP contribution in [0.25, 0.3) is 11.6 Å². The molecule has 5 heteroatoms. The van der Waals surface area contributed by atoms with Gasteiger partial charge in [0.15, 0.2) is 0 Å². The number of anilines is 1. The predicted octanol–water partition coefficient (Wildman–Crippen LogP) is 3.97. The van der Waals surface area contributed by atoms with Crippen LogP contribution in [0.4, 0.5) is 5.82 Å². The van der Waals surface area contributed by atoms with Crippen LogP contribution in [0.5, 0.6) is 0 Å². The van der Waals surface area contributed by atoms with Crippen LogP contribution >= 0.6 is 11.6 Å². The van der Waals surface area contributed by atoms with E-state index >= 15 is 0 Å². The maximum atomic E-state index is 11.8. The van der Waals surface area contributed by atoms with Gasteiger partial charge in [0.25, 0.3) is 0 Å². The molecule has 0 aliphatic heterocycles. The number of carbonyl (C=O) groups is 1. The van der Waals surface area contributed by atoms with E-state index in [1.54, 1.807) is 12.4 Å². The van der Waals surface area contributed by atoms with Crippen molar-refractivity contribution in [3.05, 3.63) is 52.4 Å². The number of hydrogen-bond acceptors (Lipinski definition) is 3. The summed E-state index contributed by atoms with van der Waals surface area (Å²) in [4.78, 5) is 20.2. The monoisotopic (exact) mass is 325 g/mol. The van der Waals surface area contributed by atoms with E-state index in [9.17, 15) is 4.79 Å². The third-order valence-corrected chi connectivity index (χ3v) is 4.64. The Balaban J connectivity index is 1.60. The minimum atomic E-state index is 0.0908. The molecule has 4 nitrogen and oxygen atoms in total. The van der Waals surface area contributed by atoms with Crippen molar-refractivity contribution in [1.82, 2.24) is 9.97 Å². The number of aryl methyl sites for hydroxylation is 1. The van der Waals surface area contributed by atoms with Crippen molar-refractivity contribution < 1.29 is 4.79 Å². The summed E-state index contributed by atoms with van der Waals surface area (Å²) in [5.74, 6) is 0.931. The van der Waals surface area contributed by atoms with Crippen LogP contribution in [0, 0.1) is 5.92 Å². The highest BCUT2D eigenvalue weighted by molar-refractivity contribution is 6.32. The summed E-state index contributed by atoms with van der Waals surface area (Å²) in [5, 5.41) is 3.58. The zero-order valence-corrected chi connectivity index (χ0v) is 13.3. The third kappa shape index (κ3) is 2.99. The summed E-state index contributed by atoms with van der Waals surface area (Å²) in [6, 6.07) is 3.92. The Labute approximate surface area is 139 Å². The van der Waals surface area contributed by atoms with Crippen LogP contribution in [-0.2, 0) is 11.2 Å². The lowest BCUT2D eigenvalue weighted by atomic mass is 9.90. The Morgan fingerprint density at radius 2 is 2.13 bits per heavy atom. The van der Waals surface area contributed by atoms with Crippen molar-refractivity contribution >= 4 is 35.0 Å². The van der Waals surface area contributed by atoms with E-state index in [1.807, 2.05) is 18.3 Å². The zero-order chi connectivity index (χ0) is 15.8. The number of nitrogens with one attached hydrogen (secondary N) is 1. The standard InChI is InChI=1S/C18H16ClN3O/c19-16-10-20-6-5-15(16)13-4-3-12-8-17(21-9-14(12)7-13)22-18(23)11-1-2-11/h5-11H,1-4H2,(H,21,22,23). The maximum absolute atomic E-state index is 11.8. The SMILES string of the molecule is O=C(Nc1cc2c(cn1)C=C(c1ccncc1Cl)CC2)C1CC1. The molecule has 2 aliphatic rings. The Kier molecular flexibility index (Phi) is 3.62. The van der Waals surface area contributed by atoms with Gasteiger partial charge < -0.3 is 5.32 Å². The predicted molar refractivity (Wildman–Crippen MR) is 91.0 cm³/mol. The van der Waals surface area contributed by atoms with E-state index in [0.29, 0.717) is 10.8 Å². The van der Waals surface area contributed by atoms with Crippen molar-refractivity contribution in [3.63, 3.8) is 0 Å². The second kappa shape index (κ2) is 5.78. The van der Waals surface area contributed by atoms with E-state index in [0.717, 1.165) is 36.8 Å². The maximum Gasteiger partial charge on any atom is 0.228 e. The summed E-state index contributed by atoms with van der Waals surface area (Å²) in [5.41, 5.74) is 4.52. The Morgan fingerprint density at radius 1 is 1.26 bits per heavy atom. The molecule has 2 aliphatic carbocycles. The van der Waals surface area contributed by atoms with Crippen molar-refractivity contribution in [3.8, 4) is 0 Å². The number of nitrogens with zero attached hydrogens (tertiary/aromatic N) is 2. The average Bonchev–Trinajstić information content (AvgIpc) is 3.40. The normalized spacial score (nSPS) is 16.5. The largest absolute Gasteiger partial charge is 0.310 e. The van der Waals surface area contributed by atoms with Crippen molar-refractivity contribution in [2.45, 2.75) is 25.7 Å². The third-order valence-electron chi connectivity index (χ3n) is 4.34. The molecule has 1 fully saturated rings. The molecular formula is C18H16ClN3O. The van der Waals surface area contributed by atoms with Crippen LogP contribution in [-0.4, -0.2) is 15.9 Å². The fourth-order valence-corrected chi connectivity index (χ4v) is 3.11. The molecule has 23 heavy (non-hydrogen) atoms. The number of pyridine rings is 2. The first kappa shape index (κ1) is 14.4. The van der Waals surface area contributed by atoms with Gasteiger partial charge in [-0.1, -0.05) is 11.6 Å². The van der Waals surface area contributed by atoms with Gasteiger partial charge in [-0.25, -0.2) is 4.98 Å². The highest BCUT2D eigenvalue weighted by atomic mass is 35.5. The van der Waals surface area contributed by atoms with Gasteiger partial charge in [-0.2, -0.15) is 0 Å². The van der Waals surface area contributed by atoms with Crippen LogP contribution < -0.4 is 5.32 Å². The van der Waals surface area contributed by atoms with E-state index in [1.165, 1.54) is 11.1 Å². The fraction of sp³-hybridized carbons (Fsp3) is 0.278. The number of fused-ring (bicyclic) bond motifs is 1. The minimum Gasteiger partial charge on any atom is -0.310 e. The molecule has 0 spiro atoms. The van der Waals surface area contributed by atoms with Crippen LogP contribution in [0.2, 0.25) is 5.02 Å². The van der Waals surface area contributed by atoms with Gasteiger partial charge in [0.2, 0.25) is 5.91 Å². The first-order valence-electron chi connectivity index (χ1n) is 7.81. The molecule has 0 unspecified atom stereocenters. The molecule has 0 aromatic carbocycles. The highest BCUT2D eigenvalue weighted by Gasteiger charge is 2.29. The number of carbonyl (C=O) groups excluding carboxylic acids is 1. The second-order valence-electron chi connectivity index (χ2n) is 6.06. The average molecular weight is 326 g/mol. The van der Waals surface area contributed by atoms with Crippen LogP contribution in [0.3, 0.4) is 0 Å². The van der Waals surface area contributed by atoms with Crippen LogP contribution in [0.15, 0.2) is 30.7 Å². The molecule has 2 aromatic heterocycles. The van der Waals surface area contributed by atoms with Crippen LogP contribution in [0.1, 0.15) is 36.0 Å². The fourth-order valence-electron chi connectivity index (χ4n) is 2.87. The molecule has 0 radical (unpaired) electrons. The first-order valence-corrected chi connectivity index (χ1v) is 8.19. The molecule has 1 saturated carbocycles. The number of hydrogen-bond donors (Lipinski definition) is 1. The number of aromatic nitrogens is 2. The summed E-state index contributed by atoms with van der Waals surface area (Å²) in [6.07, 6.45) is 11.2. The molecule has 4 rings (SSSR count). The lowest BCUT2D eigenvalue weighted by Gasteiger charge is -2.18. The van der Waals surface area contributed by atoms with Crippen molar-refractivity contribution in [2.75, 3.05) is 5.32 Å². The van der Waals surface area contributed by atoms with Gasteiger partial charge in [-0.05, 0) is 66.2 Å². The summed E-state index contributed by atoms with van der Waals surface area (Å²) in [7, 11) is 0. The number of rotatable bonds is 3. The number of allylic oxidation sites excluding steroid dienone is 1. The Hall–Kier alpha value is -2.20. The second-order valence-corrected chi connectivity index (χ2v) is 6.46. The van der Waals surface area contributed by atoms with E-state index < -0.39 is 0 Å². The van der Waals surface area contributed by atoms with E-state index in [4.69, 9.17) is 11.6 Å². The molecular weight excluding hydrogens is 310 g/mol. The molecule has 0 bridgehead atoms. The first-order chi connectivity index (χ1) is 11.2. The molecule has 0 atom stereocenters. The van der Waals surface area contributed by atoms with Gasteiger partial charge in [0, 0.05) is 24.5 Å². The van der Waals surface area contributed by atoms with E-state index in [-0.39, 0.29) is 11.8 Å². The molecule has 0 saturated heterocycles. The Morgan fingerprint density at radius 3 is 2.91 bits per heavy atom. The molecule has 1 N–H and O–H groups in total.